The van der Waals surface area contributed by atoms with Gasteiger partial charge in [0.1, 0.15) is 5.82 Å². The molecule has 0 atom stereocenters. The van der Waals surface area contributed by atoms with Crippen LogP contribution in [0.1, 0.15) is 18.1 Å². The predicted octanol–water partition coefficient (Wildman–Crippen LogP) is 1.67. The molecule has 0 saturated carbocycles. The number of nitrogen functional groups attached to an aromatic ring is 2. The van der Waals surface area contributed by atoms with E-state index < -0.39 is 0 Å². The summed E-state index contributed by atoms with van der Waals surface area (Å²) in [6, 6.07) is 4.00. The zero-order chi connectivity index (χ0) is 11.0. The molecule has 4 nitrogen and oxygen atoms in total. The number of fused-ring (bicyclic) bond motifs is 1. The first-order valence-corrected chi connectivity index (χ1v) is 4.94. The molecular weight excluding hydrogens is 188 g/mol. The highest BCUT2D eigenvalue weighted by Gasteiger charge is 2.08. The second kappa shape index (κ2) is 3.38. The van der Waals surface area contributed by atoms with Gasteiger partial charge in [0.2, 0.25) is 5.95 Å². The summed E-state index contributed by atoms with van der Waals surface area (Å²) in [5.74, 6) is 0.689. The van der Waals surface area contributed by atoms with Crippen LogP contribution in [0, 0.1) is 6.92 Å². The summed E-state index contributed by atoms with van der Waals surface area (Å²) >= 11 is 0. The van der Waals surface area contributed by atoms with Crippen LogP contribution in [-0.2, 0) is 6.42 Å². The molecule has 2 aromatic rings. The van der Waals surface area contributed by atoms with E-state index in [1.165, 1.54) is 5.56 Å². The quantitative estimate of drug-likeness (QED) is 0.737. The summed E-state index contributed by atoms with van der Waals surface area (Å²) in [7, 11) is 0. The van der Waals surface area contributed by atoms with Crippen LogP contribution in [-0.4, -0.2) is 9.97 Å². The molecule has 4 heteroatoms. The highest BCUT2D eigenvalue weighted by Crippen LogP contribution is 2.25. The lowest BCUT2D eigenvalue weighted by Gasteiger charge is -2.09. The van der Waals surface area contributed by atoms with Crippen LogP contribution in [0.2, 0.25) is 0 Å². The Morgan fingerprint density at radius 1 is 1.20 bits per heavy atom. The van der Waals surface area contributed by atoms with Crippen molar-refractivity contribution < 1.29 is 0 Å². The lowest BCUT2D eigenvalue weighted by molar-refractivity contribution is 1.11. The number of anilines is 2. The van der Waals surface area contributed by atoms with Gasteiger partial charge in [0.05, 0.1) is 5.52 Å². The molecule has 1 heterocycles. The molecule has 0 bridgehead atoms. The molecule has 0 radical (unpaired) electrons. The van der Waals surface area contributed by atoms with Crippen molar-refractivity contribution in [2.24, 2.45) is 0 Å². The minimum absolute atomic E-state index is 0.226. The van der Waals surface area contributed by atoms with E-state index in [1.807, 2.05) is 13.0 Å². The smallest absolute Gasteiger partial charge is 0.222 e. The van der Waals surface area contributed by atoms with Crippen molar-refractivity contribution in [2.45, 2.75) is 20.3 Å². The predicted molar refractivity (Wildman–Crippen MR) is 62.5 cm³/mol. The van der Waals surface area contributed by atoms with Crippen LogP contribution >= 0.6 is 0 Å². The van der Waals surface area contributed by atoms with Crippen molar-refractivity contribution in [3.8, 4) is 0 Å². The van der Waals surface area contributed by atoms with Gasteiger partial charge < -0.3 is 11.5 Å². The van der Waals surface area contributed by atoms with Crippen molar-refractivity contribution in [1.29, 1.82) is 0 Å². The summed E-state index contributed by atoms with van der Waals surface area (Å²) in [6.45, 7) is 4.15. The molecule has 1 aromatic heterocycles. The molecule has 2 rings (SSSR count). The Labute approximate surface area is 88.3 Å². The summed E-state index contributed by atoms with van der Waals surface area (Å²) < 4.78 is 0. The molecule has 0 aliphatic carbocycles. The molecule has 0 fully saturated rings. The molecule has 0 spiro atoms. The van der Waals surface area contributed by atoms with E-state index >= 15 is 0 Å². The molecule has 4 N–H and O–H groups in total. The van der Waals surface area contributed by atoms with Crippen LogP contribution in [0.5, 0.6) is 0 Å². The average molecular weight is 202 g/mol. The zero-order valence-corrected chi connectivity index (χ0v) is 8.91. The average Bonchev–Trinajstić information content (AvgIpc) is 2.17. The normalized spacial score (nSPS) is 10.8. The van der Waals surface area contributed by atoms with E-state index in [4.69, 9.17) is 11.5 Å². The molecule has 78 valence electrons. The Morgan fingerprint density at radius 3 is 2.60 bits per heavy atom. The van der Waals surface area contributed by atoms with Gasteiger partial charge in [-0.2, -0.15) is 4.98 Å². The van der Waals surface area contributed by atoms with Gasteiger partial charge in [0, 0.05) is 5.39 Å². The van der Waals surface area contributed by atoms with Crippen molar-refractivity contribution in [3.05, 3.63) is 23.3 Å². The number of rotatable bonds is 1. The largest absolute Gasteiger partial charge is 0.383 e. The first-order chi connectivity index (χ1) is 7.13. The van der Waals surface area contributed by atoms with E-state index in [2.05, 4.69) is 23.0 Å². The van der Waals surface area contributed by atoms with Crippen LogP contribution in [0.25, 0.3) is 10.9 Å². The van der Waals surface area contributed by atoms with Crippen molar-refractivity contribution in [2.75, 3.05) is 11.5 Å². The van der Waals surface area contributed by atoms with E-state index in [-0.39, 0.29) is 5.95 Å². The molecular formula is C11H14N4. The first kappa shape index (κ1) is 9.71. The molecule has 0 aliphatic heterocycles. The fraction of sp³-hybridized carbons (Fsp3) is 0.273. The van der Waals surface area contributed by atoms with Gasteiger partial charge in [-0.05, 0) is 30.5 Å². The number of aromatic nitrogens is 2. The van der Waals surface area contributed by atoms with Crippen LogP contribution in [0.4, 0.5) is 11.8 Å². The maximum atomic E-state index is 5.85. The maximum Gasteiger partial charge on any atom is 0.222 e. The van der Waals surface area contributed by atoms with Crippen LogP contribution in [0.3, 0.4) is 0 Å². The Kier molecular flexibility index (Phi) is 2.19. The first-order valence-electron chi connectivity index (χ1n) is 4.94. The fourth-order valence-corrected chi connectivity index (χ4v) is 1.87. The number of hydrogen-bond donors (Lipinski definition) is 2. The van der Waals surface area contributed by atoms with Crippen molar-refractivity contribution in [3.63, 3.8) is 0 Å². The lowest BCUT2D eigenvalue weighted by Crippen LogP contribution is -2.02. The fourth-order valence-electron chi connectivity index (χ4n) is 1.87. The topological polar surface area (TPSA) is 77.8 Å². The van der Waals surface area contributed by atoms with E-state index in [0.717, 1.165) is 22.9 Å². The Balaban J connectivity index is 2.87. The summed E-state index contributed by atoms with van der Waals surface area (Å²) in [6.07, 6.45) is 0.978. The highest BCUT2D eigenvalue weighted by molar-refractivity contribution is 5.92. The third kappa shape index (κ3) is 1.48. The van der Waals surface area contributed by atoms with Gasteiger partial charge in [-0.1, -0.05) is 13.0 Å². The van der Waals surface area contributed by atoms with Crippen molar-refractivity contribution in [1.82, 2.24) is 9.97 Å². The summed E-state index contributed by atoms with van der Waals surface area (Å²) in [5, 5.41) is 0.920. The molecule has 0 amide bonds. The SMILES string of the molecule is CCc1ccc2nc(N)nc(N)c2c1C. The van der Waals surface area contributed by atoms with Gasteiger partial charge in [-0.25, -0.2) is 4.98 Å². The Morgan fingerprint density at radius 2 is 1.93 bits per heavy atom. The maximum absolute atomic E-state index is 5.85. The molecule has 0 saturated heterocycles. The number of benzene rings is 1. The third-order valence-corrected chi connectivity index (χ3v) is 2.66. The monoisotopic (exact) mass is 202 g/mol. The minimum atomic E-state index is 0.226. The third-order valence-electron chi connectivity index (χ3n) is 2.66. The van der Waals surface area contributed by atoms with Gasteiger partial charge in [-0.15, -0.1) is 0 Å². The molecule has 15 heavy (non-hydrogen) atoms. The molecule has 1 aromatic carbocycles. The summed E-state index contributed by atoms with van der Waals surface area (Å²) in [5.41, 5.74) is 14.6. The van der Waals surface area contributed by atoms with Gasteiger partial charge in [0.25, 0.3) is 0 Å². The van der Waals surface area contributed by atoms with Gasteiger partial charge >= 0.3 is 0 Å². The molecule has 0 unspecified atom stereocenters. The highest BCUT2D eigenvalue weighted by atomic mass is 15.0. The van der Waals surface area contributed by atoms with E-state index in [1.54, 1.807) is 0 Å². The second-order valence-corrected chi connectivity index (χ2v) is 3.56. The number of nitrogens with two attached hydrogens (primary N) is 2. The van der Waals surface area contributed by atoms with Gasteiger partial charge in [0.15, 0.2) is 0 Å². The van der Waals surface area contributed by atoms with E-state index in [9.17, 15) is 0 Å². The second-order valence-electron chi connectivity index (χ2n) is 3.56. The van der Waals surface area contributed by atoms with Crippen LogP contribution in [0.15, 0.2) is 12.1 Å². The lowest BCUT2D eigenvalue weighted by atomic mass is 10.0. The van der Waals surface area contributed by atoms with Crippen molar-refractivity contribution >= 4 is 22.7 Å². The number of nitrogens with zero attached hydrogens (tertiary/aromatic N) is 2. The Bertz CT molecular complexity index is 519. The van der Waals surface area contributed by atoms with E-state index in [0.29, 0.717) is 5.82 Å². The van der Waals surface area contributed by atoms with Gasteiger partial charge in [-0.3, -0.25) is 0 Å². The zero-order valence-electron chi connectivity index (χ0n) is 8.91. The minimum Gasteiger partial charge on any atom is -0.383 e. The Hall–Kier alpha value is -1.84. The number of aryl methyl sites for hydroxylation is 2. The summed E-state index contributed by atoms with van der Waals surface area (Å²) in [4.78, 5) is 8.14. The van der Waals surface area contributed by atoms with Crippen LogP contribution < -0.4 is 11.5 Å². The number of hydrogen-bond acceptors (Lipinski definition) is 4. The molecule has 0 aliphatic rings. The standard InChI is InChI=1S/C11H14N4/c1-3-7-4-5-8-9(6(7)2)10(12)15-11(13)14-8/h4-5H,3H2,1-2H3,(H4,12,13,14,15).